The van der Waals surface area contributed by atoms with Gasteiger partial charge in [-0.25, -0.2) is 9.78 Å². The molecule has 16 heavy (non-hydrogen) atoms. The van der Waals surface area contributed by atoms with Gasteiger partial charge in [0.2, 0.25) is 0 Å². The molecule has 0 spiro atoms. The smallest absolute Gasteiger partial charge is 0.337 e. The number of methoxy groups -OCH3 is 1. The number of esters is 1. The number of aromatic amines is 1. The van der Waals surface area contributed by atoms with Crippen molar-refractivity contribution in [3.63, 3.8) is 0 Å². The van der Waals surface area contributed by atoms with Gasteiger partial charge in [-0.1, -0.05) is 12.1 Å². The van der Waals surface area contributed by atoms with Crippen molar-refractivity contribution < 1.29 is 9.53 Å². The van der Waals surface area contributed by atoms with E-state index in [1.54, 1.807) is 18.3 Å². The number of aromatic nitrogens is 2. The summed E-state index contributed by atoms with van der Waals surface area (Å²) in [6, 6.07) is 7.12. The lowest BCUT2D eigenvalue weighted by molar-refractivity contribution is 0.0601. The molecular weight excluding hydrogens is 204 g/mol. The first kappa shape index (κ1) is 10.4. The molecular formula is C12H12N2O2. The third-order valence-electron chi connectivity index (χ3n) is 2.28. The van der Waals surface area contributed by atoms with Crippen LogP contribution >= 0.6 is 0 Å². The van der Waals surface area contributed by atoms with Gasteiger partial charge >= 0.3 is 5.97 Å². The predicted molar refractivity (Wildman–Crippen MR) is 60.1 cm³/mol. The maximum absolute atomic E-state index is 11.2. The third-order valence-corrected chi connectivity index (χ3v) is 2.28. The molecule has 2 rings (SSSR count). The van der Waals surface area contributed by atoms with Crippen LogP contribution in [0.1, 0.15) is 16.1 Å². The largest absolute Gasteiger partial charge is 0.465 e. The highest BCUT2D eigenvalue weighted by molar-refractivity contribution is 5.89. The molecule has 1 N–H and O–H groups in total. The molecule has 0 radical (unpaired) electrons. The van der Waals surface area contributed by atoms with Crippen molar-refractivity contribution in [2.45, 2.75) is 6.92 Å². The van der Waals surface area contributed by atoms with Crippen LogP contribution in [0.25, 0.3) is 11.4 Å². The van der Waals surface area contributed by atoms with Gasteiger partial charge < -0.3 is 9.72 Å². The predicted octanol–water partition coefficient (Wildman–Crippen LogP) is 2.17. The van der Waals surface area contributed by atoms with E-state index >= 15 is 0 Å². The molecule has 2 aromatic rings. The topological polar surface area (TPSA) is 55.0 Å². The number of benzene rings is 1. The molecule has 0 aliphatic rings. The summed E-state index contributed by atoms with van der Waals surface area (Å²) in [6.07, 6.45) is 1.77. The maximum Gasteiger partial charge on any atom is 0.337 e. The summed E-state index contributed by atoms with van der Waals surface area (Å²) in [7, 11) is 1.37. The average molecular weight is 216 g/mol. The van der Waals surface area contributed by atoms with Crippen LogP contribution in [0.4, 0.5) is 0 Å². The monoisotopic (exact) mass is 216 g/mol. The van der Waals surface area contributed by atoms with Gasteiger partial charge in [0, 0.05) is 17.5 Å². The summed E-state index contributed by atoms with van der Waals surface area (Å²) >= 11 is 0. The normalized spacial score (nSPS) is 10.1. The molecule has 1 aromatic carbocycles. The molecule has 1 aromatic heterocycles. The lowest BCUT2D eigenvalue weighted by atomic mass is 10.1. The number of hydrogen-bond donors (Lipinski definition) is 1. The van der Waals surface area contributed by atoms with E-state index in [1.165, 1.54) is 7.11 Å². The maximum atomic E-state index is 11.2. The lowest BCUT2D eigenvalue weighted by Crippen LogP contribution is -2.00. The number of rotatable bonds is 2. The highest BCUT2D eigenvalue weighted by atomic mass is 16.5. The molecule has 1 heterocycles. The minimum atomic E-state index is -0.331. The number of carbonyl (C=O) groups is 1. The van der Waals surface area contributed by atoms with Crippen LogP contribution in [0.3, 0.4) is 0 Å². The van der Waals surface area contributed by atoms with Crippen LogP contribution in [-0.2, 0) is 4.74 Å². The highest BCUT2D eigenvalue weighted by Crippen LogP contribution is 2.16. The number of hydrogen-bond acceptors (Lipinski definition) is 3. The summed E-state index contributed by atoms with van der Waals surface area (Å²) in [4.78, 5) is 18.6. The SMILES string of the molecule is COC(=O)c1ccc(-c2ncc(C)[nH]2)cc1. The molecule has 0 atom stereocenters. The van der Waals surface area contributed by atoms with E-state index in [0.29, 0.717) is 5.56 Å². The summed E-state index contributed by atoms with van der Waals surface area (Å²) < 4.78 is 4.62. The van der Waals surface area contributed by atoms with E-state index in [0.717, 1.165) is 17.1 Å². The fourth-order valence-corrected chi connectivity index (χ4v) is 1.44. The Kier molecular flexibility index (Phi) is 2.72. The van der Waals surface area contributed by atoms with Crippen LogP contribution in [0, 0.1) is 6.92 Å². The van der Waals surface area contributed by atoms with Crippen molar-refractivity contribution in [2.75, 3.05) is 7.11 Å². The molecule has 0 unspecified atom stereocenters. The fourth-order valence-electron chi connectivity index (χ4n) is 1.44. The molecule has 4 heteroatoms. The van der Waals surface area contributed by atoms with Crippen molar-refractivity contribution in [1.29, 1.82) is 0 Å². The Morgan fingerprint density at radius 3 is 2.50 bits per heavy atom. The number of imidazole rings is 1. The van der Waals surface area contributed by atoms with Gasteiger partial charge in [-0.3, -0.25) is 0 Å². The van der Waals surface area contributed by atoms with Gasteiger partial charge in [-0.05, 0) is 19.1 Å². The van der Waals surface area contributed by atoms with E-state index in [9.17, 15) is 4.79 Å². The Morgan fingerprint density at radius 2 is 2.00 bits per heavy atom. The first-order valence-corrected chi connectivity index (χ1v) is 4.91. The molecule has 0 fully saturated rings. The zero-order chi connectivity index (χ0) is 11.5. The second-order valence-electron chi connectivity index (χ2n) is 3.48. The Hall–Kier alpha value is -2.10. The Balaban J connectivity index is 2.29. The molecule has 0 saturated carbocycles. The molecule has 0 bridgehead atoms. The number of nitrogens with zero attached hydrogens (tertiary/aromatic N) is 1. The molecule has 0 aliphatic carbocycles. The third kappa shape index (κ3) is 1.95. The first-order valence-electron chi connectivity index (χ1n) is 4.91. The van der Waals surface area contributed by atoms with Crippen molar-refractivity contribution in [2.24, 2.45) is 0 Å². The van der Waals surface area contributed by atoms with E-state index in [4.69, 9.17) is 0 Å². The lowest BCUT2D eigenvalue weighted by Gasteiger charge is -2.00. The van der Waals surface area contributed by atoms with E-state index in [2.05, 4.69) is 14.7 Å². The van der Waals surface area contributed by atoms with Crippen molar-refractivity contribution in [3.05, 3.63) is 41.7 Å². The van der Waals surface area contributed by atoms with E-state index < -0.39 is 0 Å². The van der Waals surface area contributed by atoms with Gasteiger partial charge in [0.05, 0.1) is 12.7 Å². The number of aryl methyl sites for hydroxylation is 1. The van der Waals surface area contributed by atoms with E-state index in [-0.39, 0.29) is 5.97 Å². The molecule has 4 nitrogen and oxygen atoms in total. The van der Waals surface area contributed by atoms with Crippen LogP contribution in [0.15, 0.2) is 30.5 Å². The summed E-state index contributed by atoms with van der Waals surface area (Å²) in [6.45, 7) is 1.94. The van der Waals surface area contributed by atoms with Gasteiger partial charge in [0.25, 0.3) is 0 Å². The van der Waals surface area contributed by atoms with Crippen LogP contribution in [0.5, 0.6) is 0 Å². The highest BCUT2D eigenvalue weighted by Gasteiger charge is 2.06. The molecule has 82 valence electrons. The second kappa shape index (κ2) is 4.18. The number of H-pyrrole nitrogens is 1. The standard InChI is InChI=1S/C12H12N2O2/c1-8-7-13-11(14-8)9-3-5-10(6-4-9)12(15)16-2/h3-7H,1-2H3,(H,13,14). The van der Waals surface area contributed by atoms with Gasteiger partial charge in [0.15, 0.2) is 0 Å². The summed E-state index contributed by atoms with van der Waals surface area (Å²) in [5.41, 5.74) is 2.49. The van der Waals surface area contributed by atoms with Crippen LogP contribution in [-0.4, -0.2) is 23.0 Å². The summed E-state index contributed by atoms with van der Waals surface area (Å²) in [5, 5.41) is 0. The molecule has 0 saturated heterocycles. The van der Waals surface area contributed by atoms with Gasteiger partial charge in [-0.15, -0.1) is 0 Å². The minimum absolute atomic E-state index is 0.331. The van der Waals surface area contributed by atoms with Gasteiger partial charge in [0.1, 0.15) is 5.82 Å². The molecule has 0 aliphatic heterocycles. The second-order valence-corrected chi connectivity index (χ2v) is 3.48. The number of ether oxygens (including phenoxy) is 1. The zero-order valence-corrected chi connectivity index (χ0v) is 9.15. The number of nitrogens with one attached hydrogen (secondary N) is 1. The summed E-state index contributed by atoms with van der Waals surface area (Å²) in [5.74, 6) is 0.469. The quantitative estimate of drug-likeness (QED) is 0.783. The minimum Gasteiger partial charge on any atom is -0.465 e. The Morgan fingerprint density at radius 1 is 1.31 bits per heavy atom. The van der Waals surface area contributed by atoms with Crippen molar-refractivity contribution in [3.8, 4) is 11.4 Å². The fraction of sp³-hybridized carbons (Fsp3) is 0.167. The average Bonchev–Trinajstić information content (AvgIpc) is 2.75. The van der Waals surface area contributed by atoms with E-state index in [1.807, 2.05) is 19.1 Å². The zero-order valence-electron chi connectivity index (χ0n) is 9.15. The van der Waals surface area contributed by atoms with Gasteiger partial charge in [-0.2, -0.15) is 0 Å². The van der Waals surface area contributed by atoms with Crippen LogP contribution in [0.2, 0.25) is 0 Å². The van der Waals surface area contributed by atoms with Crippen LogP contribution < -0.4 is 0 Å². The first-order chi connectivity index (χ1) is 7.70. The number of carbonyl (C=O) groups excluding carboxylic acids is 1. The Labute approximate surface area is 93.3 Å². The van der Waals surface area contributed by atoms with Crippen molar-refractivity contribution in [1.82, 2.24) is 9.97 Å². The van der Waals surface area contributed by atoms with Crippen molar-refractivity contribution >= 4 is 5.97 Å². The molecule has 0 amide bonds. The Bertz CT molecular complexity index is 500.